The number of aliphatic carboxylic acids is 1. The summed E-state index contributed by atoms with van der Waals surface area (Å²) in [5, 5.41) is 14.2. The van der Waals surface area contributed by atoms with Gasteiger partial charge in [0.25, 0.3) is 0 Å². The molecule has 5 rings (SSSR count). The van der Waals surface area contributed by atoms with Gasteiger partial charge in [-0.05, 0) is 50.7 Å². The monoisotopic (exact) mass is 467 g/mol. The molecule has 2 N–H and O–H groups in total. The maximum Gasteiger partial charge on any atom is 0.407 e. The average Bonchev–Trinajstić information content (AvgIpc) is 3.20. The normalized spacial score (nSPS) is 13.1. The minimum Gasteiger partial charge on any atom is -0.497 e. The van der Waals surface area contributed by atoms with E-state index in [2.05, 4.69) is 17.4 Å². The lowest BCUT2D eigenvalue weighted by Gasteiger charge is -2.18. The molecule has 0 saturated heterocycles. The van der Waals surface area contributed by atoms with Crippen molar-refractivity contribution in [2.45, 2.75) is 18.4 Å². The van der Waals surface area contributed by atoms with Crippen LogP contribution in [0, 0.1) is 0 Å². The number of amides is 1. The summed E-state index contributed by atoms with van der Waals surface area (Å²) in [6, 6.07) is 26.4. The molecular formula is C29H25NO5. The van der Waals surface area contributed by atoms with Crippen molar-refractivity contribution < 1.29 is 24.2 Å². The summed E-state index contributed by atoms with van der Waals surface area (Å²) in [6.45, 7) is 0.129. The lowest BCUT2D eigenvalue weighted by Crippen LogP contribution is -2.42. The number of nitrogens with one attached hydrogen (secondary N) is 1. The van der Waals surface area contributed by atoms with Gasteiger partial charge in [0.15, 0.2) is 0 Å². The zero-order chi connectivity index (χ0) is 24.4. The summed E-state index contributed by atoms with van der Waals surface area (Å²) in [4.78, 5) is 24.5. The number of ether oxygens (including phenoxy) is 2. The van der Waals surface area contributed by atoms with Gasteiger partial charge < -0.3 is 19.9 Å². The first-order valence-electron chi connectivity index (χ1n) is 11.4. The Kier molecular flexibility index (Phi) is 6.10. The van der Waals surface area contributed by atoms with Crippen molar-refractivity contribution >= 4 is 22.8 Å². The number of carbonyl (C=O) groups excluding carboxylic acids is 1. The molecule has 6 heteroatoms. The second-order valence-corrected chi connectivity index (χ2v) is 8.61. The topological polar surface area (TPSA) is 84.9 Å². The van der Waals surface area contributed by atoms with Gasteiger partial charge in [0.2, 0.25) is 0 Å². The van der Waals surface area contributed by atoms with Gasteiger partial charge in [0.1, 0.15) is 18.4 Å². The van der Waals surface area contributed by atoms with E-state index in [9.17, 15) is 14.7 Å². The molecule has 0 saturated carbocycles. The van der Waals surface area contributed by atoms with Crippen molar-refractivity contribution in [2.75, 3.05) is 13.7 Å². The molecule has 0 radical (unpaired) electrons. The van der Waals surface area contributed by atoms with E-state index in [0.717, 1.165) is 44.3 Å². The van der Waals surface area contributed by atoms with Crippen LogP contribution in [0.25, 0.3) is 21.9 Å². The Morgan fingerprint density at radius 1 is 0.886 bits per heavy atom. The smallest absolute Gasteiger partial charge is 0.407 e. The van der Waals surface area contributed by atoms with E-state index in [1.807, 2.05) is 72.8 Å². The molecule has 0 fully saturated rings. The maximum atomic E-state index is 12.6. The number of hydrogen-bond donors (Lipinski definition) is 2. The van der Waals surface area contributed by atoms with Gasteiger partial charge in [-0.15, -0.1) is 0 Å². The standard InChI is InChI=1S/C29H25NO5/c1-34-21-13-12-19-14-18(10-11-20(19)16-21)15-27(28(31)32)30-29(33)35-17-26-24-8-4-2-6-22(24)23-7-3-5-9-25(23)26/h2-14,16,26-27H,15,17H2,1H3,(H,30,33)(H,31,32)/t27-/m1/s1. The SMILES string of the molecule is COc1ccc2cc(C[C@@H](NC(=O)OCC3c4ccccc4-c4ccccc43)C(=O)O)ccc2c1. The Labute approximate surface area is 203 Å². The third-order valence-electron chi connectivity index (χ3n) is 6.49. The van der Waals surface area contributed by atoms with Gasteiger partial charge in [-0.3, -0.25) is 0 Å². The summed E-state index contributed by atoms with van der Waals surface area (Å²) < 4.78 is 10.8. The fourth-order valence-corrected chi connectivity index (χ4v) is 4.75. The van der Waals surface area contributed by atoms with Crippen molar-refractivity contribution in [3.05, 3.63) is 102 Å². The van der Waals surface area contributed by atoms with Gasteiger partial charge in [-0.1, -0.05) is 72.8 Å². The number of rotatable bonds is 7. The Bertz CT molecular complexity index is 1370. The van der Waals surface area contributed by atoms with Gasteiger partial charge in [-0.2, -0.15) is 0 Å². The number of carboxylic acid groups (broad SMARTS) is 1. The van der Waals surface area contributed by atoms with Crippen molar-refractivity contribution in [2.24, 2.45) is 0 Å². The van der Waals surface area contributed by atoms with Crippen molar-refractivity contribution in [1.29, 1.82) is 0 Å². The molecule has 35 heavy (non-hydrogen) atoms. The summed E-state index contributed by atoms with van der Waals surface area (Å²) in [5.41, 5.74) is 5.27. The molecule has 1 atom stereocenters. The van der Waals surface area contributed by atoms with Crippen molar-refractivity contribution in [3.8, 4) is 16.9 Å². The first-order valence-corrected chi connectivity index (χ1v) is 11.4. The number of benzene rings is 4. The molecule has 0 aromatic heterocycles. The summed E-state index contributed by atoms with van der Waals surface area (Å²) >= 11 is 0. The number of carbonyl (C=O) groups is 2. The maximum absolute atomic E-state index is 12.6. The fraction of sp³-hybridized carbons (Fsp3) is 0.172. The number of alkyl carbamates (subject to hydrolysis) is 1. The van der Waals surface area contributed by atoms with E-state index < -0.39 is 18.1 Å². The Morgan fingerprint density at radius 2 is 1.51 bits per heavy atom. The molecule has 176 valence electrons. The zero-order valence-corrected chi connectivity index (χ0v) is 19.2. The van der Waals surface area contributed by atoms with Crippen LogP contribution in [-0.2, 0) is 16.0 Å². The minimum atomic E-state index is -1.12. The number of carboxylic acids is 1. The van der Waals surface area contributed by atoms with Crippen LogP contribution in [0.5, 0.6) is 5.75 Å². The van der Waals surface area contributed by atoms with E-state index in [4.69, 9.17) is 9.47 Å². The highest BCUT2D eigenvalue weighted by Crippen LogP contribution is 2.44. The summed E-state index contributed by atoms with van der Waals surface area (Å²) in [7, 11) is 1.61. The number of methoxy groups -OCH3 is 1. The molecule has 0 bridgehead atoms. The average molecular weight is 468 g/mol. The van der Waals surface area contributed by atoms with Crippen LogP contribution >= 0.6 is 0 Å². The molecule has 1 aliphatic carbocycles. The summed E-state index contributed by atoms with van der Waals surface area (Å²) in [5.74, 6) is -0.451. The molecule has 0 heterocycles. The van der Waals surface area contributed by atoms with E-state index in [0.29, 0.717) is 0 Å². The Balaban J connectivity index is 1.26. The predicted octanol–water partition coefficient (Wildman–Crippen LogP) is 5.38. The lowest BCUT2D eigenvalue weighted by atomic mass is 9.98. The van der Waals surface area contributed by atoms with E-state index >= 15 is 0 Å². The largest absolute Gasteiger partial charge is 0.497 e. The molecule has 6 nitrogen and oxygen atoms in total. The molecule has 1 amide bonds. The van der Waals surface area contributed by atoms with Crippen LogP contribution in [0.1, 0.15) is 22.6 Å². The molecule has 0 unspecified atom stereocenters. The van der Waals surface area contributed by atoms with Gasteiger partial charge in [0, 0.05) is 12.3 Å². The molecule has 0 spiro atoms. The summed E-state index contributed by atoms with van der Waals surface area (Å²) in [6.07, 6.45) is -0.605. The molecular weight excluding hydrogens is 442 g/mol. The number of hydrogen-bond acceptors (Lipinski definition) is 4. The van der Waals surface area contributed by atoms with Crippen LogP contribution < -0.4 is 10.1 Å². The first-order chi connectivity index (χ1) is 17.0. The predicted molar refractivity (Wildman–Crippen MR) is 134 cm³/mol. The highest BCUT2D eigenvalue weighted by atomic mass is 16.5. The Morgan fingerprint density at radius 3 is 2.17 bits per heavy atom. The quantitative estimate of drug-likeness (QED) is 0.381. The fourth-order valence-electron chi connectivity index (χ4n) is 4.75. The molecule has 1 aliphatic rings. The van der Waals surface area contributed by atoms with Gasteiger partial charge in [-0.25, -0.2) is 9.59 Å². The Hall–Kier alpha value is -4.32. The van der Waals surface area contributed by atoms with Gasteiger partial charge in [0.05, 0.1) is 7.11 Å². The van der Waals surface area contributed by atoms with Crippen molar-refractivity contribution in [1.82, 2.24) is 5.32 Å². The van der Waals surface area contributed by atoms with E-state index in [1.165, 1.54) is 0 Å². The van der Waals surface area contributed by atoms with Crippen LogP contribution in [-0.4, -0.2) is 36.9 Å². The highest BCUT2D eigenvalue weighted by molar-refractivity contribution is 5.85. The van der Waals surface area contributed by atoms with Crippen LogP contribution in [0.2, 0.25) is 0 Å². The number of fused-ring (bicyclic) bond motifs is 4. The lowest BCUT2D eigenvalue weighted by molar-refractivity contribution is -0.139. The van der Waals surface area contributed by atoms with Crippen molar-refractivity contribution in [3.63, 3.8) is 0 Å². The second-order valence-electron chi connectivity index (χ2n) is 8.61. The minimum absolute atomic E-state index is 0.0890. The highest BCUT2D eigenvalue weighted by Gasteiger charge is 2.29. The van der Waals surface area contributed by atoms with Crippen LogP contribution in [0.15, 0.2) is 84.9 Å². The van der Waals surface area contributed by atoms with Gasteiger partial charge >= 0.3 is 12.1 Å². The van der Waals surface area contributed by atoms with Crippen LogP contribution in [0.4, 0.5) is 4.79 Å². The molecule has 4 aromatic carbocycles. The van der Waals surface area contributed by atoms with Crippen LogP contribution in [0.3, 0.4) is 0 Å². The third-order valence-corrected chi connectivity index (χ3v) is 6.49. The molecule has 4 aromatic rings. The zero-order valence-electron chi connectivity index (χ0n) is 19.2. The van der Waals surface area contributed by atoms with E-state index in [-0.39, 0.29) is 18.9 Å². The molecule has 0 aliphatic heterocycles. The second kappa shape index (κ2) is 9.50. The van der Waals surface area contributed by atoms with E-state index in [1.54, 1.807) is 7.11 Å². The third kappa shape index (κ3) is 4.55. The first kappa shape index (κ1) is 22.5.